The average Bonchev–Trinajstić information content (AvgIpc) is 2.98. The molecule has 0 aliphatic rings. The van der Waals surface area contributed by atoms with Gasteiger partial charge in [-0.2, -0.15) is 0 Å². The lowest BCUT2D eigenvalue weighted by Crippen LogP contribution is -2.32. The Hall–Kier alpha value is -3.15. The van der Waals surface area contributed by atoms with Crippen LogP contribution in [0.15, 0.2) is 59.1 Å². The van der Waals surface area contributed by atoms with E-state index in [1.54, 1.807) is 13.8 Å². The van der Waals surface area contributed by atoms with Gasteiger partial charge in [0.15, 0.2) is 5.76 Å². The van der Waals surface area contributed by atoms with Gasteiger partial charge in [-0.05, 0) is 43.7 Å². The normalized spacial score (nSPS) is 12.0. The summed E-state index contributed by atoms with van der Waals surface area (Å²) < 4.78 is 18.6. The number of anilines is 1. The first-order valence-electron chi connectivity index (χ1n) is 7.78. The molecule has 3 rings (SSSR count). The molecule has 1 unspecified atom stereocenters. The Morgan fingerprint density at radius 3 is 2.40 bits per heavy atom. The van der Waals surface area contributed by atoms with E-state index in [1.807, 2.05) is 30.3 Å². The number of hydrogen-bond donors (Lipinski definition) is 1. The number of rotatable bonds is 4. The van der Waals surface area contributed by atoms with E-state index in [4.69, 9.17) is 4.52 Å². The summed E-state index contributed by atoms with van der Waals surface area (Å²) in [5, 5.41) is 13.7. The second-order valence-electron chi connectivity index (χ2n) is 5.69. The van der Waals surface area contributed by atoms with Crippen molar-refractivity contribution in [1.29, 1.82) is 0 Å². The summed E-state index contributed by atoms with van der Waals surface area (Å²) in [7, 11) is 0. The van der Waals surface area contributed by atoms with Crippen molar-refractivity contribution in [2.75, 3.05) is 4.90 Å². The fourth-order valence-corrected chi connectivity index (χ4v) is 2.77. The topological polar surface area (TPSA) is 66.6 Å². The quantitative estimate of drug-likeness (QED) is 0.723. The van der Waals surface area contributed by atoms with Gasteiger partial charge >= 0.3 is 6.09 Å². The molecule has 0 fully saturated rings. The van der Waals surface area contributed by atoms with Crippen LogP contribution in [-0.4, -0.2) is 16.4 Å². The third-order valence-electron chi connectivity index (χ3n) is 4.05. The van der Waals surface area contributed by atoms with Crippen molar-refractivity contribution >= 4 is 11.8 Å². The summed E-state index contributed by atoms with van der Waals surface area (Å²) in [6, 6.07) is 14.5. The molecule has 6 heteroatoms. The molecular formula is C19H17FN2O3. The number of nitrogens with zero attached hydrogens (tertiary/aromatic N) is 2. The van der Waals surface area contributed by atoms with Crippen LogP contribution in [0.25, 0.3) is 11.3 Å². The van der Waals surface area contributed by atoms with Crippen LogP contribution >= 0.6 is 0 Å². The van der Waals surface area contributed by atoms with E-state index in [0.717, 1.165) is 5.56 Å². The standard InChI is InChI=1S/C19H17FN2O3/c1-12-17(18(25-21-12)15-8-10-16(20)11-9-15)22(19(23)24)13(2)14-6-4-3-5-7-14/h3-11,13H,1-2H3,(H,23,24). The van der Waals surface area contributed by atoms with E-state index in [-0.39, 0.29) is 5.82 Å². The number of aryl methyl sites for hydroxylation is 1. The smallest absolute Gasteiger partial charge is 0.412 e. The largest absolute Gasteiger partial charge is 0.465 e. The van der Waals surface area contributed by atoms with Crippen molar-refractivity contribution in [2.45, 2.75) is 19.9 Å². The fourth-order valence-electron chi connectivity index (χ4n) is 2.77. The lowest BCUT2D eigenvalue weighted by Gasteiger charge is -2.26. The molecular weight excluding hydrogens is 323 g/mol. The highest BCUT2D eigenvalue weighted by molar-refractivity contribution is 5.92. The Balaban J connectivity index is 2.10. The van der Waals surface area contributed by atoms with Crippen LogP contribution in [0.2, 0.25) is 0 Å². The van der Waals surface area contributed by atoms with Gasteiger partial charge in [0.1, 0.15) is 17.2 Å². The van der Waals surface area contributed by atoms with Crippen molar-refractivity contribution < 1.29 is 18.8 Å². The summed E-state index contributed by atoms with van der Waals surface area (Å²) in [6.45, 7) is 3.48. The van der Waals surface area contributed by atoms with Gasteiger partial charge in [0.2, 0.25) is 0 Å². The minimum Gasteiger partial charge on any atom is -0.465 e. The summed E-state index contributed by atoms with van der Waals surface area (Å²) >= 11 is 0. The van der Waals surface area contributed by atoms with E-state index in [2.05, 4.69) is 5.16 Å². The zero-order chi connectivity index (χ0) is 18.0. The number of carboxylic acid groups (broad SMARTS) is 1. The van der Waals surface area contributed by atoms with Crippen molar-refractivity contribution in [2.24, 2.45) is 0 Å². The maximum absolute atomic E-state index is 13.2. The summed E-state index contributed by atoms with van der Waals surface area (Å²) in [5.74, 6) is -0.0861. The van der Waals surface area contributed by atoms with Crippen LogP contribution < -0.4 is 4.90 Å². The molecule has 5 nitrogen and oxygen atoms in total. The van der Waals surface area contributed by atoms with Gasteiger partial charge in [0.25, 0.3) is 0 Å². The lowest BCUT2D eigenvalue weighted by molar-refractivity contribution is 0.199. The van der Waals surface area contributed by atoms with E-state index >= 15 is 0 Å². The Kier molecular flexibility index (Phi) is 4.52. The molecule has 0 saturated carbocycles. The van der Waals surface area contributed by atoms with E-state index in [1.165, 1.54) is 29.2 Å². The highest BCUT2D eigenvalue weighted by Gasteiger charge is 2.30. The maximum atomic E-state index is 13.2. The summed E-state index contributed by atoms with van der Waals surface area (Å²) in [4.78, 5) is 13.2. The van der Waals surface area contributed by atoms with Crippen molar-refractivity contribution in [3.8, 4) is 11.3 Å². The Morgan fingerprint density at radius 1 is 1.16 bits per heavy atom. The Morgan fingerprint density at radius 2 is 1.80 bits per heavy atom. The highest BCUT2D eigenvalue weighted by Crippen LogP contribution is 2.38. The summed E-state index contributed by atoms with van der Waals surface area (Å²) in [5.41, 5.74) is 2.21. The SMILES string of the molecule is Cc1noc(-c2ccc(F)cc2)c1N(C(=O)O)C(C)c1ccccc1. The van der Waals surface area contributed by atoms with Crippen molar-refractivity contribution in [3.05, 3.63) is 71.7 Å². The molecule has 3 aromatic rings. The second kappa shape index (κ2) is 6.76. The Labute approximate surface area is 144 Å². The van der Waals surface area contributed by atoms with Crippen LogP contribution in [0.1, 0.15) is 24.2 Å². The van der Waals surface area contributed by atoms with Gasteiger partial charge in [-0.3, -0.25) is 4.90 Å². The molecule has 0 radical (unpaired) electrons. The van der Waals surface area contributed by atoms with Gasteiger partial charge < -0.3 is 9.63 Å². The van der Waals surface area contributed by atoms with Crippen LogP contribution in [0.5, 0.6) is 0 Å². The van der Waals surface area contributed by atoms with Gasteiger partial charge in [-0.15, -0.1) is 0 Å². The second-order valence-corrected chi connectivity index (χ2v) is 5.69. The fraction of sp³-hybridized carbons (Fsp3) is 0.158. The average molecular weight is 340 g/mol. The van der Waals surface area contributed by atoms with Gasteiger partial charge in [-0.25, -0.2) is 9.18 Å². The molecule has 0 aliphatic heterocycles. The van der Waals surface area contributed by atoms with Crippen LogP contribution in [-0.2, 0) is 0 Å². The van der Waals surface area contributed by atoms with Gasteiger partial charge in [0.05, 0.1) is 6.04 Å². The number of carbonyl (C=O) groups is 1. The monoisotopic (exact) mass is 340 g/mol. The zero-order valence-corrected chi connectivity index (χ0v) is 13.8. The minimum atomic E-state index is -1.12. The van der Waals surface area contributed by atoms with Crippen LogP contribution in [0.3, 0.4) is 0 Å². The molecule has 0 bridgehead atoms. The molecule has 0 spiro atoms. The minimum absolute atomic E-state index is 0.294. The molecule has 25 heavy (non-hydrogen) atoms. The summed E-state index contributed by atoms with van der Waals surface area (Å²) in [6.07, 6.45) is -1.12. The van der Waals surface area contributed by atoms with Gasteiger partial charge in [-0.1, -0.05) is 35.5 Å². The number of hydrogen-bond acceptors (Lipinski definition) is 3. The molecule has 1 N–H and O–H groups in total. The Bertz CT molecular complexity index is 875. The van der Waals surface area contributed by atoms with E-state index in [9.17, 15) is 14.3 Å². The molecule has 1 aromatic heterocycles. The third kappa shape index (κ3) is 3.24. The van der Waals surface area contributed by atoms with Crippen molar-refractivity contribution in [3.63, 3.8) is 0 Å². The molecule has 128 valence electrons. The molecule has 2 aromatic carbocycles. The molecule has 0 aliphatic carbocycles. The maximum Gasteiger partial charge on any atom is 0.412 e. The predicted octanol–water partition coefficient (Wildman–Crippen LogP) is 5.03. The molecule has 1 heterocycles. The van der Waals surface area contributed by atoms with E-state index < -0.39 is 12.1 Å². The number of aromatic nitrogens is 1. The number of benzene rings is 2. The van der Waals surface area contributed by atoms with Crippen molar-refractivity contribution in [1.82, 2.24) is 5.16 Å². The molecule has 0 saturated heterocycles. The van der Waals surface area contributed by atoms with Gasteiger partial charge in [0, 0.05) is 5.56 Å². The predicted molar refractivity (Wildman–Crippen MR) is 92.0 cm³/mol. The number of amides is 1. The third-order valence-corrected chi connectivity index (χ3v) is 4.05. The highest BCUT2D eigenvalue weighted by atomic mass is 19.1. The zero-order valence-electron chi connectivity index (χ0n) is 13.8. The van der Waals surface area contributed by atoms with Crippen LogP contribution in [0, 0.1) is 12.7 Å². The number of halogens is 1. The first-order valence-corrected chi connectivity index (χ1v) is 7.78. The van der Waals surface area contributed by atoms with E-state index in [0.29, 0.717) is 22.7 Å². The first kappa shape index (κ1) is 16.7. The lowest BCUT2D eigenvalue weighted by atomic mass is 10.0. The molecule has 1 amide bonds. The first-order chi connectivity index (χ1) is 12.0. The van der Waals surface area contributed by atoms with Crippen LogP contribution in [0.4, 0.5) is 14.9 Å². The molecule has 1 atom stereocenters.